The maximum absolute atomic E-state index is 5.14. The van der Waals surface area contributed by atoms with Crippen LogP contribution in [-0.4, -0.2) is 15.0 Å². The lowest BCUT2D eigenvalue weighted by Gasteiger charge is -2.15. The van der Waals surface area contributed by atoms with Crippen LogP contribution in [0, 0.1) is 0 Å². The first-order chi connectivity index (χ1) is 26.7. The zero-order chi connectivity index (χ0) is 36.1. The van der Waals surface area contributed by atoms with Crippen molar-refractivity contribution in [1.29, 1.82) is 0 Å². The fourth-order valence-corrected chi connectivity index (χ4v) is 6.93. The maximum Gasteiger partial charge on any atom is 0.164 e. The third kappa shape index (κ3) is 6.99. The number of hydrogen-bond donors (Lipinski definition) is 0. The molecule has 9 rings (SSSR count). The van der Waals surface area contributed by atoms with Crippen LogP contribution in [0.2, 0.25) is 0 Å². The Morgan fingerprint density at radius 1 is 0.167 bits per heavy atom. The first-order valence-corrected chi connectivity index (χ1v) is 18.2. The highest BCUT2D eigenvalue weighted by Crippen LogP contribution is 2.38. The number of rotatable bonds is 8. The van der Waals surface area contributed by atoms with E-state index in [4.69, 9.17) is 15.0 Å². The Morgan fingerprint density at radius 3 is 0.778 bits per heavy atom. The molecule has 0 atom stereocenters. The van der Waals surface area contributed by atoms with Crippen LogP contribution in [0.1, 0.15) is 0 Å². The zero-order valence-electron chi connectivity index (χ0n) is 29.5. The van der Waals surface area contributed by atoms with E-state index in [0.29, 0.717) is 17.5 Å². The molecule has 3 nitrogen and oxygen atoms in total. The van der Waals surface area contributed by atoms with Crippen LogP contribution in [0.25, 0.3) is 89.8 Å². The van der Waals surface area contributed by atoms with E-state index in [2.05, 4.69) is 152 Å². The maximum atomic E-state index is 5.14. The molecule has 0 unspecified atom stereocenters. The summed E-state index contributed by atoms with van der Waals surface area (Å²) < 4.78 is 0. The van der Waals surface area contributed by atoms with Gasteiger partial charge in [-0.15, -0.1) is 0 Å². The van der Waals surface area contributed by atoms with E-state index in [1.807, 2.05) is 60.7 Å². The summed E-state index contributed by atoms with van der Waals surface area (Å²) in [4.78, 5) is 15.3. The molecule has 0 fully saturated rings. The molecule has 0 amide bonds. The van der Waals surface area contributed by atoms with E-state index < -0.39 is 0 Å². The van der Waals surface area contributed by atoms with Crippen molar-refractivity contribution in [2.24, 2.45) is 0 Å². The van der Waals surface area contributed by atoms with Gasteiger partial charge in [-0.2, -0.15) is 0 Å². The third-order valence-electron chi connectivity index (χ3n) is 9.67. The van der Waals surface area contributed by atoms with Crippen molar-refractivity contribution in [2.45, 2.75) is 0 Å². The first-order valence-electron chi connectivity index (χ1n) is 18.2. The molecule has 0 radical (unpaired) electrons. The van der Waals surface area contributed by atoms with Gasteiger partial charge >= 0.3 is 0 Å². The van der Waals surface area contributed by atoms with Crippen LogP contribution in [0.5, 0.6) is 0 Å². The quantitative estimate of drug-likeness (QED) is 0.159. The van der Waals surface area contributed by atoms with Crippen LogP contribution in [0.15, 0.2) is 212 Å². The lowest BCUT2D eigenvalue weighted by atomic mass is 9.90. The Hall–Kier alpha value is -7.23. The minimum absolute atomic E-state index is 0.618. The predicted octanol–water partition coefficient (Wildman–Crippen LogP) is 13.2. The lowest BCUT2D eigenvalue weighted by Crippen LogP contribution is -2.00. The highest BCUT2D eigenvalue weighted by molar-refractivity contribution is 5.86. The number of aromatic nitrogens is 3. The molecule has 54 heavy (non-hydrogen) atoms. The van der Waals surface area contributed by atoms with Gasteiger partial charge in [0.15, 0.2) is 17.5 Å². The third-order valence-corrected chi connectivity index (χ3v) is 9.67. The fraction of sp³-hybridized carbons (Fsp3) is 0. The van der Waals surface area contributed by atoms with Crippen LogP contribution >= 0.6 is 0 Å². The smallest absolute Gasteiger partial charge is 0.164 e. The van der Waals surface area contributed by atoms with Crippen molar-refractivity contribution < 1.29 is 0 Å². The molecule has 3 heteroatoms. The van der Waals surface area contributed by atoms with Crippen LogP contribution in [0.3, 0.4) is 0 Å². The molecule has 0 aliphatic rings. The Labute approximate surface area is 316 Å². The molecule has 0 saturated heterocycles. The van der Waals surface area contributed by atoms with Crippen LogP contribution in [0.4, 0.5) is 0 Å². The van der Waals surface area contributed by atoms with Crippen molar-refractivity contribution in [3.63, 3.8) is 0 Å². The largest absolute Gasteiger partial charge is 0.208 e. The summed E-state index contributed by atoms with van der Waals surface area (Å²) in [6, 6.07) is 74.4. The number of benzene rings is 8. The normalized spacial score (nSPS) is 11.0. The molecule has 254 valence electrons. The van der Waals surface area contributed by atoms with Gasteiger partial charge in [0, 0.05) is 16.7 Å². The van der Waals surface area contributed by atoms with Gasteiger partial charge in [0.25, 0.3) is 0 Å². The Morgan fingerprint density at radius 2 is 0.389 bits per heavy atom. The van der Waals surface area contributed by atoms with Crippen LogP contribution < -0.4 is 0 Å². The summed E-state index contributed by atoms with van der Waals surface area (Å²) in [5.74, 6) is 1.89. The molecule has 0 bridgehead atoms. The standard InChI is InChI=1S/C51H35N3/c1-6-17-36(18-7-1)41-27-16-28-42(29-41)45-33-47(46-31-43(37-19-8-2-9-20-37)30-44(32-46)38-21-10-3-11-22-38)35-48(34-45)51-53-49(39-23-12-4-13-24-39)52-50(54-51)40-25-14-5-15-26-40/h1-35H. The minimum Gasteiger partial charge on any atom is -0.208 e. The van der Waals surface area contributed by atoms with Gasteiger partial charge in [0.2, 0.25) is 0 Å². The van der Waals surface area contributed by atoms with Gasteiger partial charge in [0.1, 0.15) is 0 Å². The molecule has 0 aliphatic carbocycles. The molecule has 1 aromatic heterocycles. The average molecular weight is 690 g/mol. The van der Waals surface area contributed by atoms with Crippen molar-refractivity contribution in [3.05, 3.63) is 212 Å². The van der Waals surface area contributed by atoms with E-state index in [9.17, 15) is 0 Å². The fourth-order valence-electron chi connectivity index (χ4n) is 6.93. The summed E-state index contributed by atoms with van der Waals surface area (Å²) >= 11 is 0. The molecule has 0 spiro atoms. The van der Waals surface area contributed by atoms with E-state index in [-0.39, 0.29) is 0 Å². The zero-order valence-corrected chi connectivity index (χ0v) is 29.5. The summed E-state index contributed by atoms with van der Waals surface area (Å²) in [5, 5.41) is 0. The predicted molar refractivity (Wildman–Crippen MR) is 223 cm³/mol. The van der Waals surface area contributed by atoms with Crippen molar-refractivity contribution in [2.75, 3.05) is 0 Å². The van der Waals surface area contributed by atoms with Gasteiger partial charge in [-0.25, -0.2) is 15.0 Å². The molecule has 9 aromatic rings. The molecule has 0 N–H and O–H groups in total. The van der Waals surface area contributed by atoms with E-state index in [1.54, 1.807) is 0 Å². The molecule has 0 saturated carbocycles. The van der Waals surface area contributed by atoms with Gasteiger partial charge in [-0.3, -0.25) is 0 Å². The highest BCUT2D eigenvalue weighted by atomic mass is 15.0. The summed E-state index contributed by atoms with van der Waals surface area (Å²) in [6.07, 6.45) is 0. The Kier molecular flexibility index (Phi) is 8.94. The Balaban J connectivity index is 1.28. The molecule has 1 heterocycles. The van der Waals surface area contributed by atoms with Gasteiger partial charge < -0.3 is 0 Å². The SMILES string of the molecule is c1ccc(-c2cccc(-c3cc(-c4cc(-c5ccccc5)cc(-c5ccccc5)c4)cc(-c4nc(-c5ccccc5)nc(-c5ccccc5)n4)c3)c2)cc1. The van der Waals surface area contributed by atoms with Crippen molar-refractivity contribution >= 4 is 0 Å². The minimum atomic E-state index is 0.618. The van der Waals surface area contributed by atoms with Crippen molar-refractivity contribution in [3.8, 4) is 89.8 Å². The van der Waals surface area contributed by atoms with E-state index in [1.165, 1.54) is 16.7 Å². The van der Waals surface area contributed by atoms with E-state index >= 15 is 0 Å². The lowest BCUT2D eigenvalue weighted by molar-refractivity contribution is 1.07. The average Bonchev–Trinajstić information content (AvgIpc) is 3.27. The summed E-state index contributed by atoms with van der Waals surface area (Å²) in [5.41, 5.74) is 14.2. The van der Waals surface area contributed by atoms with Crippen molar-refractivity contribution in [1.82, 2.24) is 15.0 Å². The second-order valence-electron chi connectivity index (χ2n) is 13.3. The number of hydrogen-bond acceptors (Lipinski definition) is 3. The van der Waals surface area contributed by atoms with Gasteiger partial charge in [-0.1, -0.05) is 170 Å². The summed E-state index contributed by atoms with van der Waals surface area (Å²) in [6.45, 7) is 0. The van der Waals surface area contributed by atoms with E-state index in [0.717, 1.165) is 55.6 Å². The van der Waals surface area contributed by atoms with Gasteiger partial charge in [-0.05, 0) is 98.1 Å². The molecular weight excluding hydrogens is 655 g/mol. The molecule has 8 aromatic carbocycles. The molecular formula is C51H35N3. The van der Waals surface area contributed by atoms with Crippen LogP contribution in [-0.2, 0) is 0 Å². The molecule has 0 aliphatic heterocycles. The second-order valence-corrected chi connectivity index (χ2v) is 13.3. The summed E-state index contributed by atoms with van der Waals surface area (Å²) in [7, 11) is 0. The Bertz CT molecular complexity index is 2420. The first kappa shape index (κ1) is 32.7. The van der Waals surface area contributed by atoms with Gasteiger partial charge in [0.05, 0.1) is 0 Å². The highest BCUT2D eigenvalue weighted by Gasteiger charge is 2.16. The number of nitrogens with zero attached hydrogens (tertiary/aromatic N) is 3. The topological polar surface area (TPSA) is 38.7 Å². The monoisotopic (exact) mass is 689 g/mol. The second kappa shape index (κ2) is 14.8.